The van der Waals surface area contributed by atoms with Gasteiger partial charge in [0.2, 0.25) is 13.6 Å². The number of phosphoric acid groups is 1. The van der Waals surface area contributed by atoms with Gasteiger partial charge in [-0.3, -0.25) is 18.7 Å². The molecule has 0 amide bonds. The maximum absolute atomic E-state index is 13.2. The molecule has 0 spiro atoms. The van der Waals surface area contributed by atoms with Crippen molar-refractivity contribution in [2.75, 3.05) is 25.9 Å². The van der Waals surface area contributed by atoms with Crippen molar-refractivity contribution >= 4 is 36.7 Å². The van der Waals surface area contributed by atoms with Crippen molar-refractivity contribution in [1.82, 2.24) is 19.5 Å². The summed E-state index contributed by atoms with van der Waals surface area (Å²) in [7, 11) is -4.48. The first-order valence-electron chi connectivity index (χ1n) is 11.6. The van der Waals surface area contributed by atoms with E-state index in [1.165, 1.54) is 17.2 Å². The Morgan fingerprint density at radius 2 is 1.74 bits per heavy atom. The molecule has 0 aromatic carbocycles. The number of ether oxygens (including phenoxy) is 3. The van der Waals surface area contributed by atoms with E-state index in [1.807, 2.05) is 0 Å². The van der Waals surface area contributed by atoms with E-state index in [1.54, 1.807) is 27.7 Å². The number of aliphatic hydroxyl groups is 1. The van der Waals surface area contributed by atoms with E-state index in [9.17, 15) is 19.3 Å². The van der Waals surface area contributed by atoms with Gasteiger partial charge in [-0.05, 0) is 0 Å². The van der Waals surface area contributed by atoms with Gasteiger partial charge in [-0.1, -0.05) is 33.6 Å². The Morgan fingerprint density at radius 3 is 2.29 bits per heavy atom. The maximum Gasteiger partial charge on any atom is 0.480 e. The van der Waals surface area contributed by atoms with Gasteiger partial charge in [0.25, 0.3) is 0 Å². The van der Waals surface area contributed by atoms with E-state index in [-0.39, 0.29) is 5.82 Å². The zero-order chi connectivity index (χ0) is 28.0. The van der Waals surface area contributed by atoms with Crippen LogP contribution in [0.25, 0.3) is 11.2 Å². The summed E-state index contributed by atoms with van der Waals surface area (Å²) < 4.78 is 45.8. The number of carbonyl (C=O) groups is 2. The number of carbonyl (C=O) groups excluding carboxylic acids is 2. The van der Waals surface area contributed by atoms with Crippen molar-refractivity contribution in [3.8, 4) is 12.3 Å². The number of aromatic nitrogens is 4. The van der Waals surface area contributed by atoms with Gasteiger partial charge in [-0.15, -0.1) is 6.42 Å². The number of terminal acetylenes is 1. The molecule has 0 radical (unpaired) electrons. The lowest BCUT2D eigenvalue weighted by Crippen LogP contribution is -2.30. The van der Waals surface area contributed by atoms with Gasteiger partial charge in [-0.2, -0.15) is 0 Å². The van der Waals surface area contributed by atoms with Crippen LogP contribution in [0.3, 0.4) is 0 Å². The van der Waals surface area contributed by atoms with Gasteiger partial charge in [-0.25, -0.2) is 28.6 Å². The average Bonchev–Trinajstić information content (AvgIpc) is 3.43. The van der Waals surface area contributed by atoms with E-state index in [0.29, 0.717) is 11.2 Å². The number of imidazole rings is 1. The Bertz CT molecular complexity index is 1200. The smallest absolute Gasteiger partial charge is 0.438 e. The quantitative estimate of drug-likeness (QED) is 0.165. The van der Waals surface area contributed by atoms with Gasteiger partial charge < -0.3 is 25.1 Å². The minimum Gasteiger partial charge on any atom is -0.438 e. The van der Waals surface area contributed by atoms with Crippen LogP contribution in [0.1, 0.15) is 33.9 Å². The van der Waals surface area contributed by atoms with Crippen LogP contribution >= 0.6 is 7.82 Å². The van der Waals surface area contributed by atoms with E-state index < -0.39 is 76.1 Å². The van der Waals surface area contributed by atoms with Crippen molar-refractivity contribution in [2.24, 2.45) is 17.8 Å². The molecular formula is C22H30N5O10P. The number of rotatable bonds is 12. The molecule has 1 aliphatic heterocycles. The summed E-state index contributed by atoms with van der Waals surface area (Å²) in [5.41, 5.74) is 6.48. The number of nitrogens with zero attached hydrogens (tertiary/aromatic N) is 4. The fraction of sp³-hybridized carbons (Fsp3) is 0.591. The normalized spacial score (nSPS) is 21.6. The number of nitrogens with two attached hydrogens (primary N) is 1. The monoisotopic (exact) mass is 555 g/mol. The lowest BCUT2D eigenvalue weighted by atomic mass is 10.0. The molecule has 0 bridgehead atoms. The third kappa shape index (κ3) is 6.84. The Balaban J connectivity index is 1.71. The number of nitrogen functional groups attached to an aromatic ring is 1. The summed E-state index contributed by atoms with van der Waals surface area (Å²) in [6.45, 7) is 4.34. The SMILES string of the molecule is C#CC1C(O)C(COP(=O)(OCOC(=O)C(C)C)OCOC(=O)C(C)C)OC1n1cnc2c(N)ncnc21. The van der Waals surface area contributed by atoms with Gasteiger partial charge in [0, 0.05) is 0 Å². The Morgan fingerprint density at radius 1 is 1.13 bits per heavy atom. The van der Waals surface area contributed by atoms with Crippen LogP contribution < -0.4 is 5.73 Å². The predicted molar refractivity (Wildman–Crippen MR) is 129 cm³/mol. The Labute approximate surface area is 218 Å². The largest absolute Gasteiger partial charge is 0.480 e. The standard InChI is InChI=1S/C22H30N5O10P/c1-6-14-17(28)15(37-20(14)27-9-26-16-18(23)24-8-25-19(16)27)7-34-38(31,35-10-32-21(29)12(2)3)36-11-33-22(30)13(4)5/h1,8-9,12-15,17,20,28H,7,10-11H2,2-5H3,(H2,23,24,25). The third-order valence-electron chi connectivity index (χ3n) is 5.39. The van der Waals surface area contributed by atoms with Crippen LogP contribution in [0.4, 0.5) is 5.82 Å². The van der Waals surface area contributed by atoms with Gasteiger partial charge in [0.15, 0.2) is 17.7 Å². The van der Waals surface area contributed by atoms with Crippen molar-refractivity contribution in [3.63, 3.8) is 0 Å². The summed E-state index contributed by atoms with van der Waals surface area (Å²) in [5, 5.41) is 10.8. The van der Waals surface area contributed by atoms with Crippen molar-refractivity contribution in [3.05, 3.63) is 12.7 Å². The molecule has 0 aliphatic carbocycles. The summed E-state index contributed by atoms with van der Waals surface area (Å²) >= 11 is 0. The van der Waals surface area contributed by atoms with E-state index in [4.69, 9.17) is 39.9 Å². The molecule has 4 atom stereocenters. The first-order chi connectivity index (χ1) is 18.0. The highest BCUT2D eigenvalue weighted by Gasteiger charge is 2.46. The highest BCUT2D eigenvalue weighted by Crippen LogP contribution is 2.50. The Hall–Kier alpha value is -3.12. The zero-order valence-electron chi connectivity index (χ0n) is 21.3. The molecule has 0 saturated carbocycles. The number of hydrogen-bond donors (Lipinski definition) is 2. The molecule has 3 heterocycles. The molecule has 4 unspecified atom stereocenters. The predicted octanol–water partition coefficient (Wildman–Crippen LogP) is 1.39. The van der Waals surface area contributed by atoms with Crippen molar-refractivity contribution < 1.29 is 47.0 Å². The van der Waals surface area contributed by atoms with Crippen LogP contribution in [0.15, 0.2) is 12.7 Å². The van der Waals surface area contributed by atoms with E-state index in [2.05, 4.69) is 20.9 Å². The molecule has 16 heteroatoms. The average molecular weight is 555 g/mol. The molecule has 15 nitrogen and oxygen atoms in total. The summed E-state index contributed by atoms with van der Waals surface area (Å²) in [5.74, 6) is -0.421. The Kier molecular flexibility index (Phi) is 9.77. The van der Waals surface area contributed by atoms with E-state index in [0.717, 1.165) is 0 Å². The second-order valence-corrected chi connectivity index (χ2v) is 10.5. The highest BCUT2D eigenvalue weighted by molar-refractivity contribution is 7.48. The van der Waals surface area contributed by atoms with Crippen LogP contribution in [-0.2, 0) is 41.9 Å². The van der Waals surface area contributed by atoms with Crippen LogP contribution in [0.5, 0.6) is 0 Å². The van der Waals surface area contributed by atoms with Crippen LogP contribution in [0.2, 0.25) is 0 Å². The van der Waals surface area contributed by atoms with E-state index >= 15 is 0 Å². The number of phosphoric ester groups is 1. The zero-order valence-corrected chi connectivity index (χ0v) is 22.1. The third-order valence-corrected chi connectivity index (χ3v) is 6.70. The van der Waals surface area contributed by atoms with Gasteiger partial charge in [0.1, 0.15) is 24.1 Å². The van der Waals surface area contributed by atoms with Crippen molar-refractivity contribution in [2.45, 2.75) is 46.1 Å². The second-order valence-electron chi connectivity index (χ2n) is 8.80. The molecular weight excluding hydrogens is 525 g/mol. The number of aliphatic hydroxyl groups excluding tert-OH is 1. The number of fused-ring (bicyclic) bond motifs is 1. The molecule has 208 valence electrons. The number of esters is 2. The fourth-order valence-electron chi connectivity index (χ4n) is 3.27. The first kappa shape index (κ1) is 29.4. The highest BCUT2D eigenvalue weighted by atomic mass is 31.2. The topological polar surface area (TPSA) is 196 Å². The van der Waals surface area contributed by atoms with Gasteiger partial charge >= 0.3 is 19.8 Å². The maximum atomic E-state index is 13.2. The minimum absolute atomic E-state index is 0.149. The van der Waals surface area contributed by atoms with Crippen LogP contribution in [0, 0.1) is 30.1 Å². The fourth-order valence-corrected chi connectivity index (χ4v) is 4.18. The molecule has 2 aromatic rings. The molecule has 38 heavy (non-hydrogen) atoms. The van der Waals surface area contributed by atoms with Crippen LogP contribution in [-0.4, -0.2) is 69.0 Å². The lowest BCUT2D eigenvalue weighted by molar-refractivity contribution is -0.158. The summed E-state index contributed by atoms with van der Waals surface area (Å²) in [4.78, 5) is 35.6. The molecule has 3 N–H and O–H groups in total. The lowest BCUT2D eigenvalue weighted by Gasteiger charge is -2.21. The number of hydrogen-bond acceptors (Lipinski definition) is 14. The first-order valence-corrected chi connectivity index (χ1v) is 13.0. The molecule has 1 saturated heterocycles. The summed E-state index contributed by atoms with van der Waals surface area (Å²) in [6, 6.07) is 0. The number of anilines is 1. The second kappa shape index (κ2) is 12.6. The minimum atomic E-state index is -4.48. The molecule has 1 aliphatic rings. The molecule has 2 aromatic heterocycles. The van der Waals surface area contributed by atoms with Crippen molar-refractivity contribution in [1.29, 1.82) is 0 Å². The summed E-state index contributed by atoms with van der Waals surface area (Å²) in [6.07, 6.45) is 4.99. The molecule has 3 rings (SSSR count). The van der Waals surface area contributed by atoms with Gasteiger partial charge in [0.05, 0.1) is 30.7 Å². The molecule has 1 fully saturated rings.